The summed E-state index contributed by atoms with van der Waals surface area (Å²) in [5.74, 6) is -0.327. The number of hydrogen-bond donors (Lipinski definition) is 0. The third-order valence-electron chi connectivity index (χ3n) is 5.36. The number of carbonyl (C=O) groups excluding carboxylic acids is 3. The molecule has 5 heteroatoms. The molecular formula is C21H20N2O3. The van der Waals surface area contributed by atoms with Gasteiger partial charge in [0.15, 0.2) is 0 Å². The van der Waals surface area contributed by atoms with Crippen LogP contribution in [-0.2, 0) is 4.79 Å². The minimum atomic E-state index is -0.384. The molecule has 0 bridgehead atoms. The van der Waals surface area contributed by atoms with E-state index in [2.05, 4.69) is 19.1 Å². The summed E-state index contributed by atoms with van der Waals surface area (Å²) in [5.41, 5.74) is 1.97. The lowest BCUT2D eigenvalue weighted by molar-refractivity contribution is -0.130. The number of benzene rings is 2. The second-order valence-corrected chi connectivity index (χ2v) is 7.04. The Morgan fingerprint density at radius 2 is 1.50 bits per heavy atom. The minimum Gasteiger partial charge on any atom is -0.340 e. The Kier molecular flexibility index (Phi) is 4.07. The van der Waals surface area contributed by atoms with Crippen LogP contribution in [0.4, 0.5) is 0 Å². The summed E-state index contributed by atoms with van der Waals surface area (Å²) in [5, 5.41) is 0. The van der Waals surface area contributed by atoms with Crippen LogP contribution in [-0.4, -0.2) is 47.2 Å². The van der Waals surface area contributed by atoms with E-state index in [0.29, 0.717) is 30.1 Å². The van der Waals surface area contributed by atoms with Crippen LogP contribution in [0.3, 0.4) is 0 Å². The second-order valence-electron chi connectivity index (χ2n) is 7.04. The van der Waals surface area contributed by atoms with Gasteiger partial charge < -0.3 is 4.90 Å². The van der Waals surface area contributed by atoms with E-state index in [9.17, 15) is 14.4 Å². The van der Waals surface area contributed by atoms with Crippen LogP contribution < -0.4 is 0 Å². The highest BCUT2D eigenvalue weighted by Gasteiger charge is 2.39. The maximum atomic E-state index is 12.7. The third-order valence-corrected chi connectivity index (χ3v) is 5.36. The molecule has 0 aliphatic carbocycles. The van der Waals surface area contributed by atoms with E-state index in [1.165, 1.54) is 5.56 Å². The van der Waals surface area contributed by atoms with Crippen molar-refractivity contribution in [1.82, 2.24) is 9.80 Å². The second kappa shape index (κ2) is 6.41. The molecule has 0 aromatic heterocycles. The van der Waals surface area contributed by atoms with Crippen molar-refractivity contribution in [3.63, 3.8) is 0 Å². The van der Waals surface area contributed by atoms with E-state index in [-0.39, 0.29) is 30.2 Å². The molecule has 1 saturated heterocycles. The van der Waals surface area contributed by atoms with Gasteiger partial charge in [-0.2, -0.15) is 0 Å². The average molecular weight is 348 g/mol. The zero-order valence-electron chi connectivity index (χ0n) is 14.6. The van der Waals surface area contributed by atoms with Crippen molar-refractivity contribution in [2.45, 2.75) is 12.8 Å². The van der Waals surface area contributed by atoms with Gasteiger partial charge in [0.05, 0.1) is 11.1 Å². The van der Waals surface area contributed by atoms with Crippen LogP contribution in [0.5, 0.6) is 0 Å². The van der Waals surface area contributed by atoms with Gasteiger partial charge in [0.1, 0.15) is 6.54 Å². The molecule has 2 aliphatic rings. The van der Waals surface area contributed by atoms with E-state index in [0.717, 1.165) is 4.90 Å². The lowest BCUT2D eigenvalue weighted by Crippen LogP contribution is -2.42. The van der Waals surface area contributed by atoms with Crippen LogP contribution in [0.25, 0.3) is 0 Å². The Bertz CT molecular complexity index is 843. The number of hydrogen-bond acceptors (Lipinski definition) is 3. The van der Waals surface area contributed by atoms with E-state index in [1.54, 1.807) is 29.2 Å². The predicted octanol–water partition coefficient (Wildman–Crippen LogP) is 2.54. The number of carbonyl (C=O) groups is 3. The number of amides is 3. The Hall–Kier alpha value is -2.95. The smallest absolute Gasteiger partial charge is 0.262 e. The first-order valence-corrected chi connectivity index (χ1v) is 8.84. The number of rotatable bonds is 3. The van der Waals surface area contributed by atoms with Crippen molar-refractivity contribution in [3.05, 3.63) is 71.3 Å². The summed E-state index contributed by atoms with van der Waals surface area (Å²) in [6, 6.07) is 16.9. The van der Waals surface area contributed by atoms with Gasteiger partial charge >= 0.3 is 0 Å². The van der Waals surface area contributed by atoms with Crippen molar-refractivity contribution >= 4 is 17.7 Å². The van der Waals surface area contributed by atoms with Gasteiger partial charge in [0, 0.05) is 19.0 Å². The lowest BCUT2D eigenvalue weighted by atomic mass is 9.90. The molecule has 2 aromatic rings. The SMILES string of the molecule is CC1CN(C(=O)CN2C(=O)c3ccccc3C2=O)CC1c1ccccc1. The highest BCUT2D eigenvalue weighted by Crippen LogP contribution is 2.32. The van der Waals surface area contributed by atoms with Crippen LogP contribution in [0, 0.1) is 5.92 Å². The standard InChI is InChI=1S/C21H20N2O3/c1-14-11-22(12-18(14)15-7-3-2-4-8-15)19(24)13-23-20(25)16-9-5-6-10-17(16)21(23)26/h2-10,14,18H,11-13H2,1H3. The van der Waals surface area contributed by atoms with Crippen molar-refractivity contribution in [2.75, 3.05) is 19.6 Å². The van der Waals surface area contributed by atoms with Gasteiger partial charge in [0.2, 0.25) is 5.91 Å². The molecule has 2 atom stereocenters. The first-order chi connectivity index (χ1) is 12.6. The van der Waals surface area contributed by atoms with Crippen LogP contribution in [0.15, 0.2) is 54.6 Å². The highest BCUT2D eigenvalue weighted by atomic mass is 16.2. The van der Waals surface area contributed by atoms with Crippen molar-refractivity contribution in [1.29, 1.82) is 0 Å². The number of nitrogens with zero attached hydrogens (tertiary/aromatic N) is 2. The quantitative estimate of drug-likeness (QED) is 0.801. The van der Waals surface area contributed by atoms with Gasteiger partial charge in [-0.1, -0.05) is 49.4 Å². The molecule has 1 fully saturated rings. The van der Waals surface area contributed by atoms with Crippen LogP contribution >= 0.6 is 0 Å². The van der Waals surface area contributed by atoms with E-state index in [1.807, 2.05) is 18.2 Å². The summed E-state index contributed by atoms with van der Waals surface area (Å²) in [6.07, 6.45) is 0. The maximum Gasteiger partial charge on any atom is 0.262 e. The molecule has 2 aromatic carbocycles. The summed E-state index contributed by atoms with van der Waals surface area (Å²) in [7, 11) is 0. The first-order valence-electron chi connectivity index (χ1n) is 8.84. The van der Waals surface area contributed by atoms with E-state index >= 15 is 0 Å². The van der Waals surface area contributed by atoms with Gasteiger partial charge in [-0.3, -0.25) is 19.3 Å². The largest absolute Gasteiger partial charge is 0.340 e. The van der Waals surface area contributed by atoms with Gasteiger partial charge in [-0.15, -0.1) is 0 Å². The maximum absolute atomic E-state index is 12.7. The zero-order valence-corrected chi connectivity index (χ0v) is 14.6. The first kappa shape index (κ1) is 16.5. The van der Waals surface area contributed by atoms with Crippen LogP contribution in [0.2, 0.25) is 0 Å². The molecule has 3 amide bonds. The molecule has 132 valence electrons. The fourth-order valence-corrected chi connectivity index (χ4v) is 3.92. The van der Waals surface area contributed by atoms with E-state index in [4.69, 9.17) is 0 Å². The molecule has 4 rings (SSSR count). The third kappa shape index (κ3) is 2.69. The molecule has 0 N–H and O–H groups in total. The van der Waals surface area contributed by atoms with Crippen molar-refractivity contribution < 1.29 is 14.4 Å². The summed E-state index contributed by atoms with van der Waals surface area (Å²) in [6.45, 7) is 3.20. The predicted molar refractivity (Wildman–Crippen MR) is 96.7 cm³/mol. The lowest BCUT2D eigenvalue weighted by Gasteiger charge is -2.20. The summed E-state index contributed by atoms with van der Waals surface area (Å²) < 4.78 is 0. The van der Waals surface area contributed by atoms with E-state index < -0.39 is 0 Å². The number of fused-ring (bicyclic) bond motifs is 1. The van der Waals surface area contributed by atoms with Gasteiger partial charge in [-0.05, 0) is 23.6 Å². The molecule has 26 heavy (non-hydrogen) atoms. The van der Waals surface area contributed by atoms with Crippen molar-refractivity contribution in [2.24, 2.45) is 5.92 Å². The van der Waals surface area contributed by atoms with Gasteiger partial charge in [0.25, 0.3) is 11.8 Å². The fraction of sp³-hybridized carbons (Fsp3) is 0.286. The molecule has 2 unspecified atom stereocenters. The Balaban J connectivity index is 1.47. The highest BCUT2D eigenvalue weighted by molar-refractivity contribution is 6.22. The topological polar surface area (TPSA) is 57.7 Å². The summed E-state index contributed by atoms with van der Waals surface area (Å²) in [4.78, 5) is 40.5. The molecule has 0 saturated carbocycles. The fourth-order valence-electron chi connectivity index (χ4n) is 3.92. The molecule has 0 spiro atoms. The monoisotopic (exact) mass is 348 g/mol. The molecular weight excluding hydrogens is 328 g/mol. The van der Waals surface area contributed by atoms with Crippen LogP contribution in [0.1, 0.15) is 39.1 Å². The summed E-state index contributed by atoms with van der Waals surface area (Å²) >= 11 is 0. The van der Waals surface area contributed by atoms with Gasteiger partial charge in [-0.25, -0.2) is 0 Å². The number of likely N-dealkylation sites (tertiary alicyclic amines) is 1. The molecule has 5 nitrogen and oxygen atoms in total. The number of imide groups is 1. The normalized spacial score (nSPS) is 22.0. The molecule has 2 aliphatic heterocycles. The molecule has 2 heterocycles. The minimum absolute atomic E-state index is 0.176. The Morgan fingerprint density at radius 1 is 0.923 bits per heavy atom. The van der Waals surface area contributed by atoms with Crippen molar-refractivity contribution in [3.8, 4) is 0 Å². The Labute approximate surface area is 152 Å². The zero-order chi connectivity index (χ0) is 18.3. The Morgan fingerprint density at radius 3 is 2.12 bits per heavy atom. The molecule has 0 radical (unpaired) electrons. The average Bonchev–Trinajstić information content (AvgIpc) is 3.17.